The highest BCUT2D eigenvalue weighted by atomic mass is 16.6. The zero-order valence-electron chi connectivity index (χ0n) is 22.2. The summed E-state index contributed by atoms with van der Waals surface area (Å²) in [6, 6.07) is 41.2. The van der Waals surface area contributed by atoms with Crippen LogP contribution in [0.15, 0.2) is 133 Å². The van der Waals surface area contributed by atoms with Gasteiger partial charge in [0.05, 0.1) is 17.3 Å². The average Bonchev–Trinajstić information content (AvgIpc) is 3.60. The van der Waals surface area contributed by atoms with E-state index in [1.807, 2.05) is 48.5 Å². The zero-order chi connectivity index (χ0) is 27.4. The topological polar surface area (TPSA) is 69.6 Å². The van der Waals surface area contributed by atoms with Crippen molar-refractivity contribution in [2.24, 2.45) is 5.16 Å². The van der Waals surface area contributed by atoms with Crippen molar-refractivity contribution < 1.29 is 4.84 Å². The highest BCUT2D eigenvalue weighted by Crippen LogP contribution is 2.42. The van der Waals surface area contributed by atoms with Gasteiger partial charge in [-0.15, -0.1) is 5.10 Å². The van der Waals surface area contributed by atoms with Crippen molar-refractivity contribution in [3.05, 3.63) is 145 Å². The Morgan fingerprint density at radius 2 is 1.34 bits per heavy atom. The van der Waals surface area contributed by atoms with Gasteiger partial charge >= 0.3 is 0 Å². The third-order valence-corrected chi connectivity index (χ3v) is 6.99. The molecule has 0 aliphatic rings. The average molecular weight is 535 g/mol. The minimum absolute atomic E-state index is 0.142. The molecule has 41 heavy (non-hydrogen) atoms. The molecule has 0 aliphatic heterocycles. The SMILES string of the molecule is C(=NOCc1nc2c3c(-c4ccccc4)c(-c4ccccc4)n(Cc4ccccc4)c3ncn2n1)c1ccccc1. The van der Waals surface area contributed by atoms with Gasteiger partial charge in [0, 0.05) is 12.1 Å². The smallest absolute Gasteiger partial charge is 0.192 e. The largest absolute Gasteiger partial charge is 0.387 e. The monoisotopic (exact) mass is 534 g/mol. The Kier molecular flexibility index (Phi) is 6.51. The molecule has 0 saturated carbocycles. The Hall–Kier alpha value is -5.56. The summed E-state index contributed by atoms with van der Waals surface area (Å²) >= 11 is 0. The molecule has 7 rings (SSSR count). The fourth-order valence-corrected chi connectivity index (χ4v) is 5.18. The molecule has 0 aliphatic carbocycles. The Labute approximate surface area is 237 Å². The van der Waals surface area contributed by atoms with Crippen LogP contribution in [0.4, 0.5) is 0 Å². The van der Waals surface area contributed by atoms with Gasteiger partial charge in [0.1, 0.15) is 12.0 Å². The predicted octanol–water partition coefficient (Wildman–Crippen LogP) is 7.01. The summed E-state index contributed by atoms with van der Waals surface area (Å²) in [5.41, 5.74) is 8.08. The van der Waals surface area contributed by atoms with E-state index in [9.17, 15) is 0 Å². The Morgan fingerprint density at radius 3 is 2.05 bits per heavy atom. The minimum atomic E-state index is 0.142. The van der Waals surface area contributed by atoms with Crippen molar-refractivity contribution in [1.29, 1.82) is 0 Å². The van der Waals surface area contributed by atoms with Crippen LogP contribution in [-0.4, -0.2) is 30.4 Å². The maximum atomic E-state index is 5.56. The van der Waals surface area contributed by atoms with Crippen molar-refractivity contribution in [1.82, 2.24) is 24.1 Å². The van der Waals surface area contributed by atoms with E-state index in [2.05, 4.69) is 87.6 Å². The van der Waals surface area contributed by atoms with Crippen molar-refractivity contribution >= 4 is 22.9 Å². The lowest BCUT2D eigenvalue weighted by Crippen LogP contribution is -2.03. The van der Waals surface area contributed by atoms with E-state index in [4.69, 9.17) is 14.8 Å². The number of hydrogen-bond acceptors (Lipinski definition) is 5. The number of oxime groups is 1. The summed E-state index contributed by atoms with van der Waals surface area (Å²) in [6.07, 6.45) is 3.41. The standard InChI is InChI=1S/C34H26N6O/c1-5-13-25(14-6-1)21-36-41-23-29-37-34-31-30(27-17-9-3-10-18-27)32(28-19-11-4-12-20-28)39(22-26-15-7-2-8-16-26)33(31)35-24-40(34)38-29/h1-21,24H,22-23H2. The molecule has 3 aromatic heterocycles. The first-order valence-corrected chi connectivity index (χ1v) is 13.5. The van der Waals surface area contributed by atoms with E-state index in [-0.39, 0.29) is 6.61 Å². The van der Waals surface area contributed by atoms with Gasteiger partial charge in [-0.25, -0.2) is 14.5 Å². The van der Waals surface area contributed by atoms with Gasteiger partial charge in [0.2, 0.25) is 0 Å². The first kappa shape index (κ1) is 24.5. The zero-order valence-corrected chi connectivity index (χ0v) is 22.2. The maximum absolute atomic E-state index is 5.56. The summed E-state index contributed by atoms with van der Waals surface area (Å²) in [7, 11) is 0. The molecule has 7 aromatic rings. The van der Waals surface area contributed by atoms with Gasteiger partial charge in [-0.1, -0.05) is 126 Å². The molecule has 0 saturated heterocycles. The van der Waals surface area contributed by atoms with Crippen molar-refractivity contribution in [3.63, 3.8) is 0 Å². The first-order chi connectivity index (χ1) is 20.3. The Bertz CT molecular complexity index is 1950. The predicted molar refractivity (Wildman–Crippen MR) is 162 cm³/mol. The second-order valence-electron chi connectivity index (χ2n) is 9.69. The van der Waals surface area contributed by atoms with Gasteiger partial charge in [0.25, 0.3) is 0 Å². The lowest BCUT2D eigenvalue weighted by atomic mass is 9.99. The molecular formula is C34H26N6O. The normalized spacial score (nSPS) is 11.5. The van der Waals surface area contributed by atoms with E-state index >= 15 is 0 Å². The van der Waals surface area contributed by atoms with E-state index in [1.54, 1.807) is 17.1 Å². The van der Waals surface area contributed by atoms with Crippen LogP contribution in [0, 0.1) is 0 Å². The fourth-order valence-electron chi connectivity index (χ4n) is 5.18. The molecule has 198 valence electrons. The van der Waals surface area contributed by atoms with Gasteiger partial charge in [-0.3, -0.25) is 0 Å². The molecular weight excluding hydrogens is 508 g/mol. The molecule has 0 fully saturated rings. The second-order valence-corrected chi connectivity index (χ2v) is 9.69. The summed E-state index contributed by atoms with van der Waals surface area (Å²) in [5, 5.41) is 9.72. The third kappa shape index (κ3) is 4.85. The van der Waals surface area contributed by atoms with Gasteiger partial charge in [0.15, 0.2) is 18.1 Å². The van der Waals surface area contributed by atoms with Crippen LogP contribution in [0.1, 0.15) is 17.0 Å². The number of nitrogens with zero attached hydrogens (tertiary/aromatic N) is 6. The van der Waals surface area contributed by atoms with E-state index in [0.717, 1.165) is 44.6 Å². The van der Waals surface area contributed by atoms with Crippen molar-refractivity contribution in [2.45, 2.75) is 13.2 Å². The maximum Gasteiger partial charge on any atom is 0.192 e. The number of benzene rings is 4. The quantitative estimate of drug-likeness (QED) is 0.155. The molecule has 0 atom stereocenters. The van der Waals surface area contributed by atoms with Crippen molar-refractivity contribution in [3.8, 4) is 22.4 Å². The van der Waals surface area contributed by atoms with E-state index in [1.165, 1.54) is 5.56 Å². The van der Waals surface area contributed by atoms with Gasteiger partial charge in [-0.05, 0) is 22.3 Å². The molecule has 0 unspecified atom stereocenters. The molecule has 7 heteroatoms. The van der Waals surface area contributed by atoms with Crippen LogP contribution < -0.4 is 0 Å². The number of aromatic nitrogens is 5. The van der Waals surface area contributed by atoms with Crippen LogP contribution in [-0.2, 0) is 18.0 Å². The van der Waals surface area contributed by atoms with Crippen LogP contribution in [0.5, 0.6) is 0 Å². The highest BCUT2D eigenvalue weighted by molar-refractivity contribution is 6.09. The summed E-state index contributed by atoms with van der Waals surface area (Å²) < 4.78 is 4.02. The molecule has 0 N–H and O–H groups in total. The molecule has 7 nitrogen and oxygen atoms in total. The molecule has 0 radical (unpaired) electrons. The molecule has 0 amide bonds. The van der Waals surface area contributed by atoms with Crippen LogP contribution in [0.25, 0.3) is 39.1 Å². The fraction of sp³-hybridized carbons (Fsp3) is 0.0588. The molecule has 0 spiro atoms. The molecule has 3 heterocycles. The number of hydrogen-bond donors (Lipinski definition) is 0. The summed E-state index contributed by atoms with van der Waals surface area (Å²) in [5.74, 6) is 0.528. The lowest BCUT2D eigenvalue weighted by Gasteiger charge is -2.13. The summed E-state index contributed by atoms with van der Waals surface area (Å²) in [4.78, 5) is 15.4. The van der Waals surface area contributed by atoms with E-state index < -0.39 is 0 Å². The highest BCUT2D eigenvalue weighted by Gasteiger charge is 2.25. The van der Waals surface area contributed by atoms with Gasteiger partial charge < -0.3 is 9.40 Å². The molecule has 4 aromatic carbocycles. The van der Waals surface area contributed by atoms with Crippen molar-refractivity contribution in [2.75, 3.05) is 0 Å². The Balaban J connectivity index is 1.40. The molecule has 0 bridgehead atoms. The first-order valence-electron chi connectivity index (χ1n) is 13.5. The van der Waals surface area contributed by atoms with Crippen LogP contribution >= 0.6 is 0 Å². The Morgan fingerprint density at radius 1 is 0.707 bits per heavy atom. The minimum Gasteiger partial charge on any atom is -0.387 e. The summed E-state index contributed by atoms with van der Waals surface area (Å²) in [6.45, 7) is 0.805. The van der Waals surface area contributed by atoms with Crippen LogP contribution in [0.3, 0.4) is 0 Å². The number of rotatable bonds is 8. The lowest BCUT2D eigenvalue weighted by molar-refractivity contribution is 0.126. The number of fused-ring (bicyclic) bond motifs is 3. The van der Waals surface area contributed by atoms with E-state index in [0.29, 0.717) is 12.4 Å². The second kappa shape index (κ2) is 10.9. The van der Waals surface area contributed by atoms with Crippen LogP contribution in [0.2, 0.25) is 0 Å². The van der Waals surface area contributed by atoms with Gasteiger partial charge in [-0.2, -0.15) is 0 Å². The third-order valence-electron chi connectivity index (χ3n) is 6.99.